The van der Waals surface area contributed by atoms with Crippen LogP contribution in [0.2, 0.25) is 0 Å². The zero-order valence-corrected chi connectivity index (χ0v) is 6.37. The number of rotatable bonds is 0. The van der Waals surface area contributed by atoms with Crippen LogP contribution in [0.15, 0.2) is 23.8 Å². The van der Waals surface area contributed by atoms with E-state index in [0.29, 0.717) is 11.3 Å². The van der Waals surface area contributed by atoms with Crippen molar-refractivity contribution in [3.63, 3.8) is 0 Å². The van der Waals surface area contributed by atoms with Gasteiger partial charge >= 0.3 is 0 Å². The number of carbonyl (C=O) groups is 1. The molecule has 10 heavy (non-hydrogen) atoms. The van der Waals surface area contributed by atoms with Gasteiger partial charge in [-0.25, -0.2) is 0 Å². The first kappa shape index (κ1) is 9.11. The summed E-state index contributed by atoms with van der Waals surface area (Å²) >= 11 is 0. The van der Waals surface area contributed by atoms with E-state index in [4.69, 9.17) is 5.41 Å². The summed E-state index contributed by atoms with van der Waals surface area (Å²) in [6, 6.07) is 0. The second-order valence-electron chi connectivity index (χ2n) is 1.98. The summed E-state index contributed by atoms with van der Waals surface area (Å²) in [7, 11) is 0. The van der Waals surface area contributed by atoms with Crippen LogP contribution in [0.25, 0.3) is 0 Å². The third kappa shape index (κ3) is 1.81. The first-order valence-electron chi connectivity index (χ1n) is 2.69. The van der Waals surface area contributed by atoms with E-state index in [-0.39, 0.29) is 18.2 Å². The Morgan fingerprint density at radius 1 is 1.40 bits per heavy atom. The molecule has 0 bridgehead atoms. The molecule has 0 unspecified atom stereocenters. The molecule has 1 aliphatic rings. The smallest absolute Gasteiger partial charge is 0.181 e. The van der Waals surface area contributed by atoms with Crippen molar-refractivity contribution in [2.45, 2.75) is 6.92 Å². The third-order valence-electron chi connectivity index (χ3n) is 1.17. The Morgan fingerprint density at radius 2 is 2.00 bits per heavy atom. The summed E-state index contributed by atoms with van der Waals surface area (Å²) in [4.78, 5) is 10.7. The van der Waals surface area contributed by atoms with Crippen molar-refractivity contribution in [1.29, 1.82) is 5.41 Å². The maximum atomic E-state index is 10.7. The lowest BCUT2D eigenvalue weighted by Gasteiger charge is -1.99. The zero-order valence-electron chi connectivity index (χ0n) is 5.55. The predicted octanol–water partition coefficient (Wildman–Crippen LogP) is 1.51. The molecule has 2 nitrogen and oxygen atoms in total. The van der Waals surface area contributed by atoms with Gasteiger partial charge < -0.3 is 5.41 Å². The highest BCUT2D eigenvalue weighted by molar-refractivity contribution is 6.17. The van der Waals surface area contributed by atoms with E-state index in [9.17, 15) is 4.79 Å². The molecule has 3 heteroatoms. The van der Waals surface area contributed by atoms with Gasteiger partial charge in [0.25, 0.3) is 0 Å². The second kappa shape index (κ2) is 3.32. The predicted molar refractivity (Wildman–Crippen MR) is 42.9 cm³/mol. The maximum Gasteiger partial charge on any atom is 0.181 e. The summed E-state index contributed by atoms with van der Waals surface area (Å²) < 4.78 is 0. The first-order valence-corrected chi connectivity index (χ1v) is 2.69. The van der Waals surface area contributed by atoms with E-state index in [1.807, 2.05) is 0 Å². The van der Waals surface area contributed by atoms with Crippen LogP contribution < -0.4 is 0 Å². The molecule has 0 aromatic rings. The Bertz CT molecular complexity index is 228. The number of nitrogens with one attached hydrogen (secondary N) is 1. The number of carbonyl (C=O) groups excluding carboxylic acids is 1. The summed E-state index contributed by atoms with van der Waals surface area (Å²) in [6.07, 6.45) is 4.47. The Hall–Kier alpha value is -0.890. The van der Waals surface area contributed by atoms with E-state index in [1.54, 1.807) is 13.0 Å². The molecule has 0 saturated carbocycles. The van der Waals surface area contributed by atoms with Crippen LogP contribution in [0.4, 0.5) is 0 Å². The van der Waals surface area contributed by atoms with Crippen LogP contribution in [-0.2, 0) is 4.79 Å². The minimum atomic E-state index is 0. The van der Waals surface area contributed by atoms with E-state index in [1.165, 1.54) is 12.2 Å². The lowest BCUT2D eigenvalue weighted by molar-refractivity contribution is -0.111. The highest BCUT2D eigenvalue weighted by Crippen LogP contribution is 2.02. The molecule has 0 aliphatic heterocycles. The zero-order chi connectivity index (χ0) is 6.85. The summed E-state index contributed by atoms with van der Waals surface area (Å²) in [5.41, 5.74) is 1.04. The van der Waals surface area contributed by atoms with Crippen LogP contribution in [0.1, 0.15) is 6.92 Å². The standard InChI is InChI=1S/C7H7NO.ClH/c1-5-4-6(8)2-3-7(5)9;/h2-4,8H,1H3;1H. The van der Waals surface area contributed by atoms with Gasteiger partial charge in [-0.05, 0) is 30.7 Å². The minimum Gasteiger partial charge on any atom is -0.301 e. The topological polar surface area (TPSA) is 40.9 Å². The van der Waals surface area contributed by atoms with E-state index >= 15 is 0 Å². The number of halogens is 1. The van der Waals surface area contributed by atoms with Crippen LogP contribution in [0.5, 0.6) is 0 Å². The molecule has 0 heterocycles. The molecule has 0 atom stereocenters. The molecule has 1 rings (SSSR count). The molecular weight excluding hydrogens is 150 g/mol. The van der Waals surface area contributed by atoms with Crippen molar-refractivity contribution in [1.82, 2.24) is 0 Å². The van der Waals surface area contributed by atoms with Gasteiger partial charge in [-0.3, -0.25) is 4.79 Å². The second-order valence-corrected chi connectivity index (χ2v) is 1.98. The highest BCUT2D eigenvalue weighted by Gasteiger charge is 2.04. The average molecular weight is 158 g/mol. The quantitative estimate of drug-likeness (QED) is 0.532. The molecule has 54 valence electrons. The van der Waals surface area contributed by atoms with Gasteiger partial charge in [0.05, 0.1) is 5.71 Å². The van der Waals surface area contributed by atoms with Gasteiger partial charge in [0.2, 0.25) is 0 Å². The van der Waals surface area contributed by atoms with Gasteiger partial charge in [0.1, 0.15) is 0 Å². The SMILES string of the molecule is CC1=CC(=N)C=CC1=O.Cl. The van der Waals surface area contributed by atoms with Gasteiger partial charge in [0.15, 0.2) is 5.78 Å². The Balaban J connectivity index is 0.000000810. The van der Waals surface area contributed by atoms with Gasteiger partial charge in [0, 0.05) is 0 Å². The maximum absolute atomic E-state index is 10.7. The van der Waals surface area contributed by atoms with Gasteiger partial charge in [-0.2, -0.15) is 0 Å². The summed E-state index contributed by atoms with van der Waals surface area (Å²) in [5.74, 6) is 0.00556. The van der Waals surface area contributed by atoms with Crippen molar-refractivity contribution in [3.8, 4) is 0 Å². The Labute approximate surface area is 65.5 Å². The Kier molecular flexibility index (Phi) is 3.03. The number of allylic oxidation sites excluding steroid dienone is 4. The summed E-state index contributed by atoms with van der Waals surface area (Å²) in [5, 5.41) is 7.09. The van der Waals surface area contributed by atoms with Crippen molar-refractivity contribution in [2.24, 2.45) is 0 Å². The largest absolute Gasteiger partial charge is 0.301 e. The van der Waals surface area contributed by atoms with Crippen molar-refractivity contribution in [2.75, 3.05) is 0 Å². The first-order chi connectivity index (χ1) is 4.20. The molecule has 1 aliphatic carbocycles. The number of ketones is 1. The molecule has 0 aromatic carbocycles. The van der Waals surface area contributed by atoms with E-state index in [2.05, 4.69) is 0 Å². The number of hydrogen-bond donors (Lipinski definition) is 1. The molecule has 1 N–H and O–H groups in total. The fraction of sp³-hybridized carbons (Fsp3) is 0.143. The monoisotopic (exact) mass is 157 g/mol. The molecule has 0 spiro atoms. The van der Waals surface area contributed by atoms with Crippen LogP contribution >= 0.6 is 12.4 Å². The molecule has 0 radical (unpaired) electrons. The summed E-state index contributed by atoms with van der Waals surface area (Å²) in [6.45, 7) is 1.71. The van der Waals surface area contributed by atoms with E-state index < -0.39 is 0 Å². The van der Waals surface area contributed by atoms with Crippen molar-refractivity contribution < 1.29 is 4.79 Å². The van der Waals surface area contributed by atoms with E-state index in [0.717, 1.165) is 0 Å². The third-order valence-corrected chi connectivity index (χ3v) is 1.17. The number of hydrogen-bond acceptors (Lipinski definition) is 2. The van der Waals surface area contributed by atoms with Crippen LogP contribution in [0, 0.1) is 5.41 Å². The van der Waals surface area contributed by atoms with Crippen LogP contribution in [0.3, 0.4) is 0 Å². The lowest BCUT2D eigenvalue weighted by Crippen LogP contribution is -2.03. The van der Waals surface area contributed by atoms with Gasteiger partial charge in [-0.1, -0.05) is 0 Å². The molecule has 0 saturated heterocycles. The molecule has 0 fully saturated rings. The highest BCUT2D eigenvalue weighted by atomic mass is 35.5. The fourth-order valence-electron chi connectivity index (χ4n) is 0.649. The fourth-order valence-corrected chi connectivity index (χ4v) is 0.649. The molecule has 0 amide bonds. The average Bonchev–Trinajstić information content (AvgIpc) is 1.80. The van der Waals surface area contributed by atoms with Crippen molar-refractivity contribution >= 4 is 23.9 Å². The van der Waals surface area contributed by atoms with Crippen LogP contribution in [-0.4, -0.2) is 11.5 Å². The van der Waals surface area contributed by atoms with Gasteiger partial charge in [-0.15, -0.1) is 12.4 Å². The Morgan fingerprint density at radius 3 is 2.40 bits per heavy atom. The minimum absolute atomic E-state index is 0. The normalized spacial score (nSPS) is 16.3. The lowest BCUT2D eigenvalue weighted by atomic mass is 10.1. The molecular formula is C7H8ClNO. The molecule has 0 aromatic heterocycles. The van der Waals surface area contributed by atoms with Crippen molar-refractivity contribution in [3.05, 3.63) is 23.8 Å².